The van der Waals surface area contributed by atoms with E-state index >= 15 is 0 Å². The van der Waals surface area contributed by atoms with E-state index in [9.17, 15) is 4.79 Å². The van der Waals surface area contributed by atoms with Crippen LogP contribution in [0.5, 0.6) is 0 Å². The molecule has 158 valence electrons. The Hall–Kier alpha value is -2.10. The molecule has 2 aromatic heterocycles. The summed E-state index contributed by atoms with van der Waals surface area (Å²) in [6.07, 6.45) is 0.853. The molecule has 1 aliphatic heterocycles. The molecule has 0 saturated carbocycles. The molecular weight excluding hydrogens is 390 g/mol. The summed E-state index contributed by atoms with van der Waals surface area (Å²) in [5.41, 5.74) is 1.02. The molecule has 0 aromatic carbocycles. The first kappa shape index (κ1) is 21.6. The number of hydrogen-bond donors (Lipinski definition) is 1. The second kappa shape index (κ2) is 10.6. The maximum atomic E-state index is 12.1. The number of hydrogen-bond acceptors (Lipinski definition) is 8. The normalized spacial score (nSPS) is 14.4. The van der Waals surface area contributed by atoms with Crippen molar-refractivity contribution in [2.45, 2.75) is 24.3 Å². The van der Waals surface area contributed by atoms with Crippen LogP contribution in [0.2, 0.25) is 0 Å². The number of morpholine rings is 1. The number of aromatic nitrogens is 2. The van der Waals surface area contributed by atoms with Crippen molar-refractivity contribution in [1.82, 2.24) is 20.2 Å². The molecule has 3 heterocycles. The molecule has 1 N–H and O–H groups in total. The minimum Gasteiger partial charge on any atom is -0.455 e. The van der Waals surface area contributed by atoms with Gasteiger partial charge in [0.2, 0.25) is 0 Å². The lowest BCUT2D eigenvalue weighted by Gasteiger charge is -2.28. The first-order valence-corrected chi connectivity index (χ1v) is 10.9. The second-order valence-electron chi connectivity index (χ2n) is 7.07. The summed E-state index contributed by atoms with van der Waals surface area (Å²) >= 11 is 1.52. The number of amides is 1. The van der Waals surface area contributed by atoms with Crippen molar-refractivity contribution in [3.63, 3.8) is 0 Å². The van der Waals surface area contributed by atoms with Crippen LogP contribution < -0.4 is 10.2 Å². The number of aryl methyl sites for hydroxylation is 1. The lowest BCUT2D eigenvalue weighted by molar-refractivity contribution is 0.0922. The van der Waals surface area contributed by atoms with E-state index in [1.165, 1.54) is 11.8 Å². The summed E-state index contributed by atoms with van der Waals surface area (Å²) in [4.78, 5) is 25.7. The minimum atomic E-state index is -0.193. The van der Waals surface area contributed by atoms with Gasteiger partial charge in [0.1, 0.15) is 11.6 Å². The zero-order chi connectivity index (χ0) is 20.6. The number of nitrogens with one attached hydrogen (secondary N) is 1. The fourth-order valence-corrected chi connectivity index (χ4v) is 3.62. The Morgan fingerprint density at radius 1 is 1.28 bits per heavy atom. The van der Waals surface area contributed by atoms with Gasteiger partial charge >= 0.3 is 0 Å². The van der Waals surface area contributed by atoms with Crippen LogP contribution in [-0.4, -0.2) is 74.3 Å². The fourth-order valence-electron chi connectivity index (χ4n) is 2.85. The molecule has 0 spiro atoms. The number of rotatable bonds is 9. The topological polar surface area (TPSA) is 83.7 Å². The van der Waals surface area contributed by atoms with Gasteiger partial charge in [0.25, 0.3) is 5.91 Å². The monoisotopic (exact) mass is 419 g/mol. The third-order valence-electron chi connectivity index (χ3n) is 4.52. The molecule has 0 bridgehead atoms. The average molecular weight is 420 g/mol. The standard InChI is InChI=1S/C20H29N5O3S/c1-4-15-13-18(25-9-11-27-12-10-25)23-20(22-15)29-14-16-5-6-17(28-16)19(26)21-7-8-24(2)3/h5-6,13H,4,7-12,14H2,1-3H3,(H,21,26). The Balaban J connectivity index is 1.59. The highest BCUT2D eigenvalue weighted by molar-refractivity contribution is 7.98. The number of ether oxygens (including phenoxy) is 1. The van der Waals surface area contributed by atoms with Gasteiger partial charge in [0, 0.05) is 37.9 Å². The van der Waals surface area contributed by atoms with Gasteiger partial charge in [-0.1, -0.05) is 18.7 Å². The van der Waals surface area contributed by atoms with E-state index in [1.54, 1.807) is 6.07 Å². The lowest BCUT2D eigenvalue weighted by atomic mass is 10.3. The molecule has 8 nitrogen and oxygen atoms in total. The van der Waals surface area contributed by atoms with Crippen LogP contribution in [0.1, 0.15) is 28.9 Å². The molecule has 1 fully saturated rings. The second-order valence-corrected chi connectivity index (χ2v) is 8.01. The van der Waals surface area contributed by atoms with Crippen LogP contribution in [0, 0.1) is 0 Å². The van der Waals surface area contributed by atoms with E-state index in [-0.39, 0.29) is 5.91 Å². The third kappa shape index (κ3) is 6.45. The molecule has 0 unspecified atom stereocenters. The minimum absolute atomic E-state index is 0.193. The summed E-state index contributed by atoms with van der Waals surface area (Å²) in [5, 5.41) is 3.58. The first-order chi connectivity index (χ1) is 14.0. The van der Waals surface area contributed by atoms with Crippen molar-refractivity contribution in [1.29, 1.82) is 0 Å². The number of furan rings is 1. The van der Waals surface area contributed by atoms with Crippen LogP contribution >= 0.6 is 11.8 Å². The van der Waals surface area contributed by atoms with Crippen molar-refractivity contribution in [2.75, 3.05) is 58.4 Å². The fraction of sp³-hybridized carbons (Fsp3) is 0.550. The van der Waals surface area contributed by atoms with E-state index in [4.69, 9.17) is 14.1 Å². The van der Waals surface area contributed by atoms with Crippen molar-refractivity contribution in [2.24, 2.45) is 0 Å². The Bertz CT molecular complexity index is 805. The number of carbonyl (C=O) groups excluding carboxylic acids is 1. The van der Waals surface area contributed by atoms with Gasteiger partial charge < -0.3 is 24.3 Å². The molecule has 1 saturated heterocycles. The number of anilines is 1. The van der Waals surface area contributed by atoms with Gasteiger partial charge in [0.15, 0.2) is 10.9 Å². The lowest BCUT2D eigenvalue weighted by Crippen LogP contribution is -2.37. The van der Waals surface area contributed by atoms with E-state index in [1.807, 2.05) is 25.1 Å². The van der Waals surface area contributed by atoms with Crippen LogP contribution in [-0.2, 0) is 16.9 Å². The molecule has 3 rings (SSSR count). The van der Waals surface area contributed by atoms with Crippen LogP contribution in [0.15, 0.2) is 27.8 Å². The summed E-state index contributed by atoms with van der Waals surface area (Å²) in [7, 11) is 3.93. The van der Waals surface area contributed by atoms with E-state index < -0.39 is 0 Å². The van der Waals surface area contributed by atoms with Gasteiger partial charge in [-0.15, -0.1) is 0 Å². The average Bonchev–Trinajstić information content (AvgIpc) is 3.21. The molecule has 1 aliphatic rings. The smallest absolute Gasteiger partial charge is 0.287 e. The molecule has 0 aliphatic carbocycles. The summed E-state index contributed by atoms with van der Waals surface area (Å²) in [6.45, 7) is 6.58. The highest BCUT2D eigenvalue weighted by atomic mass is 32.2. The first-order valence-electron chi connectivity index (χ1n) is 9.90. The predicted octanol–water partition coefficient (Wildman–Crippen LogP) is 2.05. The Kier molecular flexibility index (Phi) is 7.91. The van der Waals surface area contributed by atoms with Gasteiger partial charge in [-0.05, 0) is 32.6 Å². The molecule has 1 amide bonds. The maximum absolute atomic E-state index is 12.1. The number of nitrogens with zero attached hydrogens (tertiary/aromatic N) is 4. The molecule has 0 atom stereocenters. The van der Waals surface area contributed by atoms with Crippen LogP contribution in [0.3, 0.4) is 0 Å². The molecule has 0 radical (unpaired) electrons. The SMILES string of the molecule is CCc1cc(N2CCOCC2)nc(SCc2ccc(C(=O)NCCN(C)C)o2)n1. The van der Waals surface area contributed by atoms with Gasteiger partial charge in [-0.3, -0.25) is 4.79 Å². The van der Waals surface area contributed by atoms with Crippen LogP contribution in [0.4, 0.5) is 5.82 Å². The third-order valence-corrected chi connectivity index (χ3v) is 5.39. The largest absolute Gasteiger partial charge is 0.455 e. The van der Waals surface area contributed by atoms with Crippen molar-refractivity contribution in [3.8, 4) is 0 Å². The highest BCUT2D eigenvalue weighted by Gasteiger charge is 2.16. The Morgan fingerprint density at radius 2 is 2.07 bits per heavy atom. The Morgan fingerprint density at radius 3 is 2.79 bits per heavy atom. The van der Waals surface area contributed by atoms with Gasteiger partial charge in [0.05, 0.1) is 19.0 Å². The molecular formula is C20H29N5O3S. The highest BCUT2D eigenvalue weighted by Crippen LogP contribution is 2.24. The summed E-state index contributed by atoms with van der Waals surface area (Å²) in [5.74, 6) is 2.38. The number of thioether (sulfide) groups is 1. The quantitative estimate of drug-likeness (QED) is 0.488. The zero-order valence-electron chi connectivity index (χ0n) is 17.3. The van der Waals surface area contributed by atoms with Gasteiger partial charge in [-0.25, -0.2) is 9.97 Å². The number of carbonyl (C=O) groups is 1. The summed E-state index contributed by atoms with van der Waals surface area (Å²) in [6, 6.07) is 5.60. The Labute approximate surface area is 176 Å². The van der Waals surface area contributed by atoms with E-state index in [0.717, 1.165) is 61.7 Å². The predicted molar refractivity (Wildman–Crippen MR) is 114 cm³/mol. The molecule has 29 heavy (non-hydrogen) atoms. The maximum Gasteiger partial charge on any atom is 0.287 e. The molecule has 2 aromatic rings. The van der Waals surface area contributed by atoms with Gasteiger partial charge in [-0.2, -0.15) is 0 Å². The zero-order valence-corrected chi connectivity index (χ0v) is 18.1. The number of likely N-dealkylation sites (N-methyl/N-ethyl adjacent to an activating group) is 1. The van der Waals surface area contributed by atoms with Crippen molar-refractivity contribution >= 4 is 23.5 Å². The van der Waals surface area contributed by atoms with Crippen LogP contribution in [0.25, 0.3) is 0 Å². The van der Waals surface area contributed by atoms with E-state index in [0.29, 0.717) is 18.1 Å². The summed E-state index contributed by atoms with van der Waals surface area (Å²) < 4.78 is 11.1. The van der Waals surface area contributed by atoms with E-state index in [2.05, 4.69) is 28.2 Å². The van der Waals surface area contributed by atoms with Crippen molar-refractivity contribution in [3.05, 3.63) is 35.4 Å². The molecule has 9 heteroatoms. The van der Waals surface area contributed by atoms with Crippen molar-refractivity contribution < 1.29 is 13.9 Å².